The number of piperazine rings is 1. The maximum Gasteiger partial charge on any atom is 0.141 e. The highest BCUT2D eigenvalue weighted by Crippen LogP contribution is 2.40. The summed E-state index contributed by atoms with van der Waals surface area (Å²) in [5.74, 6) is 2.18. The number of hydrogen-bond acceptors (Lipinski definition) is 5. The molecule has 1 aliphatic heterocycles. The Morgan fingerprint density at radius 2 is 1.73 bits per heavy atom. The van der Waals surface area contributed by atoms with E-state index in [2.05, 4.69) is 47.1 Å². The van der Waals surface area contributed by atoms with Crippen LogP contribution in [-0.4, -0.2) is 36.1 Å². The summed E-state index contributed by atoms with van der Waals surface area (Å²) in [7, 11) is 0. The van der Waals surface area contributed by atoms with Gasteiger partial charge in [0.1, 0.15) is 16.5 Å². The number of para-hydroxylation sites is 1. The van der Waals surface area contributed by atoms with Gasteiger partial charge in [-0.3, -0.25) is 0 Å². The second-order valence-electron chi connectivity index (χ2n) is 7.16. The average molecular weight is 365 g/mol. The van der Waals surface area contributed by atoms with Crippen LogP contribution in [0, 0.1) is 0 Å². The molecule has 4 nitrogen and oxygen atoms in total. The molecule has 3 heterocycles. The van der Waals surface area contributed by atoms with Crippen molar-refractivity contribution in [1.82, 2.24) is 9.97 Å². The summed E-state index contributed by atoms with van der Waals surface area (Å²) in [6.07, 6.45) is 4.60. The molecule has 0 atom stereocenters. The Labute approximate surface area is 158 Å². The first-order valence-corrected chi connectivity index (χ1v) is 10.5. The van der Waals surface area contributed by atoms with Crippen LogP contribution in [0.5, 0.6) is 0 Å². The fourth-order valence-electron chi connectivity index (χ4n) is 4.22. The Hall–Kier alpha value is -2.14. The van der Waals surface area contributed by atoms with Gasteiger partial charge in [-0.05, 0) is 37.0 Å². The largest absolute Gasteiger partial charge is 0.368 e. The molecule has 5 heteroatoms. The van der Waals surface area contributed by atoms with Gasteiger partial charge in [0.25, 0.3) is 0 Å². The predicted octanol–water partition coefficient (Wildman–Crippen LogP) is 4.07. The molecule has 2 aromatic heterocycles. The Morgan fingerprint density at radius 3 is 2.50 bits per heavy atom. The van der Waals surface area contributed by atoms with E-state index in [0.717, 1.165) is 38.4 Å². The summed E-state index contributed by atoms with van der Waals surface area (Å²) in [4.78, 5) is 17.6. The molecule has 1 fully saturated rings. The van der Waals surface area contributed by atoms with Crippen LogP contribution >= 0.6 is 11.3 Å². The zero-order valence-corrected chi connectivity index (χ0v) is 16.1. The van der Waals surface area contributed by atoms with Gasteiger partial charge in [-0.15, -0.1) is 11.3 Å². The van der Waals surface area contributed by atoms with E-state index >= 15 is 0 Å². The van der Waals surface area contributed by atoms with Crippen LogP contribution in [0.25, 0.3) is 10.2 Å². The van der Waals surface area contributed by atoms with Gasteiger partial charge in [0.15, 0.2) is 0 Å². The summed E-state index contributed by atoms with van der Waals surface area (Å²) < 4.78 is 0. The van der Waals surface area contributed by atoms with Gasteiger partial charge in [0.05, 0.1) is 5.39 Å². The van der Waals surface area contributed by atoms with Crippen molar-refractivity contribution in [1.29, 1.82) is 0 Å². The van der Waals surface area contributed by atoms with Gasteiger partial charge in [0, 0.05) is 43.2 Å². The molecule has 0 radical (unpaired) electrons. The van der Waals surface area contributed by atoms with Crippen LogP contribution in [0.3, 0.4) is 0 Å². The van der Waals surface area contributed by atoms with Gasteiger partial charge in [0.2, 0.25) is 0 Å². The van der Waals surface area contributed by atoms with Crippen molar-refractivity contribution in [2.24, 2.45) is 0 Å². The van der Waals surface area contributed by atoms with Crippen molar-refractivity contribution in [3.63, 3.8) is 0 Å². The van der Waals surface area contributed by atoms with E-state index in [-0.39, 0.29) is 0 Å². The summed E-state index contributed by atoms with van der Waals surface area (Å²) in [5, 5.41) is 1.35. The van der Waals surface area contributed by atoms with E-state index < -0.39 is 0 Å². The Kier molecular flexibility index (Phi) is 4.04. The summed E-state index contributed by atoms with van der Waals surface area (Å²) in [6, 6.07) is 10.7. The van der Waals surface area contributed by atoms with Crippen LogP contribution in [0.2, 0.25) is 0 Å². The number of aryl methyl sites for hydroxylation is 3. The van der Waals surface area contributed by atoms with Gasteiger partial charge in [-0.25, -0.2) is 9.97 Å². The molecule has 0 bridgehead atoms. The topological polar surface area (TPSA) is 32.3 Å². The van der Waals surface area contributed by atoms with Crippen molar-refractivity contribution >= 4 is 33.1 Å². The van der Waals surface area contributed by atoms with E-state index in [1.807, 2.05) is 11.3 Å². The minimum Gasteiger partial charge on any atom is -0.368 e. The first-order chi connectivity index (χ1) is 12.8. The Morgan fingerprint density at radius 1 is 0.962 bits per heavy atom. The molecule has 5 rings (SSSR count). The van der Waals surface area contributed by atoms with Crippen LogP contribution in [0.4, 0.5) is 11.5 Å². The van der Waals surface area contributed by atoms with Crippen molar-refractivity contribution < 1.29 is 0 Å². The van der Waals surface area contributed by atoms with Crippen LogP contribution in [0.1, 0.15) is 29.6 Å². The number of nitrogens with zero attached hydrogens (tertiary/aromatic N) is 4. The van der Waals surface area contributed by atoms with Crippen molar-refractivity contribution in [2.45, 2.75) is 32.6 Å². The molecule has 0 amide bonds. The number of benzene rings is 1. The van der Waals surface area contributed by atoms with Crippen LogP contribution in [0.15, 0.2) is 30.3 Å². The molecule has 134 valence electrons. The quantitative estimate of drug-likeness (QED) is 0.701. The third-order valence-electron chi connectivity index (χ3n) is 5.61. The lowest BCUT2D eigenvalue weighted by atomic mass is 10.1. The SMILES string of the molecule is CCc1nc(N2CCN(c3ccccc3)CC2)c2c3c(sc2n1)CCC3. The Balaban J connectivity index is 1.48. The lowest BCUT2D eigenvalue weighted by Crippen LogP contribution is -2.47. The molecule has 2 aliphatic rings. The lowest BCUT2D eigenvalue weighted by Gasteiger charge is -2.37. The van der Waals surface area contributed by atoms with E-state index in [1.165, 1.54) is 46.5 Å². The third kappa shape index (κ3) is 2.65. The molecule has 26 heavy (non-hydrogen) atoms. The smallest absolute Gasteiger partial charge is 0.141 e. The monoisotopic (exact) mass is 364 g/mol. The average Bonchev–Trinajstić information content (AvgIpc) is 3.29. The third-order valence-corrected chi connectivity index (χ3v) is 6.79. The van der Waals surface area contributed by atoms with Gasteiger partial charge < -0.3 is 9.80 Å². The molecule has 1 aromatic carbocycles. The van der Waals surface area contributed by atoms with E-state index in [4.69, 9.17) is 9.97 Å². The highest BCUT2D eigenvalue weighted by molar-refractivity contribution is 7.19. The van der Waals surface area contributed by atoms with E-state index in [0.29, 0.717) is 0 Å². The molecular weight excluding hydrogens is 340 g/mol. The van der Waals surface area contributed by atoms with Gasteiger partial charge in [-0.1, -0.05) is 25.1 Å². The number of hydrogen-bond donors (Lipinski definition) is 0. The van der Waals surface area contributed by atoms with E-state index in [9.17, 15) is 0 Å². The molecular formula is C21H24N4S. The normalized spacial score (nSPS) is 17.1. The molecule has 0 spiro atoms. The van der Waals surface area contributed by atoms with Gasteiger partial charge in [-0.2, -0.15) is 0 Å². The fraction of sp³-hybridized carbons (Fsp3) is 0.429. The molecule has 3 aromatic rings. The molecule has 0 saturated carbocycles. The minimum absolute atomic E-state index is 0.898. The molecule has 1 saturated heterocycles. The number of rotatable bonds is 3. The van der Waals surface area contributed by atoms with Crippen molar-refractivity contribution in [3.05, 3.63) is 46.6 Å². The maximum atomic E-state index is 4.99. The van der Waals surface area contributed by atoms with E-state index in [1.54, 1.807) is 4.88 Å². The van der Waals surface area contributed by atoms with Crippen LogP contribution in [-0.2, 0) is 19.3 Å². The summed E-state index contributed by atoms with van der Waals surface area (Å²) in [5.41, 5.74) is 2.86. The zero-order valence-electron chi connectivity index (χ0n) is 15.2. The Bertz CT molecular complexity index is 926. The summed E-state index contributed by atoms with van der Waals surface area (Å²) >= 11 is 1.90. The van der Waals surface area contributed by atoms with Gasteiger partial charge >= 0.3 is 0 Å². The number of thiophene rings is 1. The summed E-state index contributed by atoms with van der Waals surface area (Å²) in [6.45, 7) is 6.29. The first-order valence-electron chi connectivity index (χ1n) is 9.69. The highest BCUT2D eigenvalue weighted by atomic mass is 32.1. The predicted molar refractivity (Wildman–Crippen MR) is 110 cm³/mol. The number of aromatic nitrogens is 2. The standard InChI is InChI=1S/C21H24N4S/c1-2-18-22-20(19-16-9-6-10-17(16)26-21(19)23-18)25-13-11-24(12-14-25)15-7-4-3-5-8-15/h3-5,7-8H,2,6,9-14H2,1H3. The maximum absolute atomic E-state index is 4.99. The van der Waals surface area contributed by atoms with Crippen LogP contribution < -0.4 is 9.80 Å². The second-order valence-corrected chi connectivity index (χ2v) is 8.25. The zero-order chi connectivity index (χ0) is 17.5. The van der Waals surface area contributed by atoms with Crippen molar-refractivity contribution in [3.8, 4) is 0 Å². The highest BCUT2D eigenvalue weighted by Gasteiger charge is 2.26. The number of anilines is 2. The fourth-order valence-corrected chi connectivity index (χ4v) is 5.50. The first kappa shape index (κ1) is 16.1. The molecule has 1 aliphatic carbocycles. The minimum atomic E-state index is 0.898. The number of fused-ring (bicyclic) bond motifs is 3. The second kappa shape index (κ2) is 6.54. The molecule has 0 unspecified atom stereocenters. The van der Waals surface area contributed by atoms with Crippen molar-refractivity contribution in [2.75, 3.05) is 36.0 Å². The lowest BCUT2D eigenvalue weighted by molar-refractivity contribution is 0.647. The molecule has 0 N–H and O–H groups in total.